The lowest BCUT2D eigenvalue weighted by Crippen LogP contribution is -2.66. The highest BCUT2D eigenvalue weighted by Gasteiger charge is 2.72. The van der Waals surface area contributed by atoms with Gasteiger partial charge < -0.3 is 4.57 Å². The summed E-state index contributed by atoms with van der Waals surface area (Å²) in [5.74, 6) is 1.21. The van der Waals surface area contributed by atoms with Crippen molar-refractivity contribution in [2.45, 2.75) is 105 Å². The largest absolute Gasteiger partial charge is 0.309 e. The Labute approximate surface area is 464 Å². The van der Waals surface area contributed by atoms with Gasteiger partial charge in [0.15, 0.2) is 0 Å². The minimum absolute atomic E-state index is 0.0764. The number of para-hydroxylation sites is 1. The van der Waals surface area contributed by atoms with Gasteiger partial charge in [-0.1, -0.05) is 209 Å². The zero-order valence-electron chi connectivity index (χ0n) is 45.5. The van der Waals surface area contributed by atoms with Gasteiger partial charge in [-0.2, -0.15) is 0 Å². The third-order valence-corrected chi connectivity index (χ3v) is 22.4. The highest BCUT2D eigenvalue weighted by Crippen LogP contribution is 2.78. The molecule has 0 aliphatic heterocycles. The van der Waals surface area contributed by atoms with Gasteiger partial charge >= 0.3 is 0 Å². The first-order valence-electron chi connectivity index (χ1n) is 29.6. The minimum Gasteiger partial charge on any atom is -0.309 e. The summed E-state index contributed by atoms with van der Waals surface area (Å²) in [5, 5.41) is 2.62. The zero-order valence-corrected chi connectivity index (χ0v) is 45.5. The summed E-state index contributed by atoms with van der Waals surface area (Å²) in [7, 11) is 0. The highest BCUT2D eigenvalue weighted by atomic mass is 15.0. The molecule has 10 aromatic carbocycles. The van der Waals surface area contributed by atoms with Crippen molar-refractivity contribution in [1.29, 1.82) is 0 Å². The Morgan fingerprint density at radius 3 is 1.61 bits per heavy atom. The number of aromatic nitrogens is 1. The number of fused-ring (bicyclic) bond motifs is 21. The maximum Gasteiger partial charge on any atom is 0.0544 e. The first-order valence-corrected chi connectivity index (χ1v) is 29.6. The molecule has 0 saturated heterocycles. The smallest absolute Gasteiger partial charge is 0.0544 e. The molecule has 6 bridgehead atoms. The SMILES string of the molecule is CC12CC34CC(CC56CC(CCC(C1)(c1ccccc1-c1ccccc12)C53)c1ccccc1-c1ccccc16)c1ccccc1-c1ccc(-c2ccc(-n3c5ccccc5c5cc6c(cc53)C(C)(C)c3ccccc3-6)cc2)cc14. The number of rotatable bonds is 2. The maximum atomic E-state index is 2.76. The average Bonchev–Trinajstić information content (AvgIpc) is 2.03. The van der Waals surface area contributed by atoms with E-state index in [1.165, 1.54) is 126 Å². The van der Waals surface area contributed by atoms with Gasteiger partial charge in [0.1, 0.15) is 0 Å². The molecule has 1 heteroatoms. The lowest BCUT2D eigenvalue weighted by Gasteiger charge is -2.69. The zero-order chi connectivity index (χ0) is 52.2. The van der Waals surface area contributed by atoms with E-state index in [0.29, 0.717) is 17.8 Å². The van der Waals surface area contributed by atoms with Crippen LogP contribution < -0.4 is 0 Å². The average molecular weight is 1010 g/mol. The van der Waals surface area contributed by atoms with Crippen molar-refractivity contribution in [3.8, 4) is 61.3 Å². The van der Waals surface area contributed by atoms with Gasteiger partial charge in [-0.25, -0.2) is 0 Å². The quantitative estimate of drug-likeness (QED) is 0.163. The summed E-state index contributed by atoms with van der Waals surface area (Å²) in [6.07, 6.45) is 8.19. The van der Waals surface area contributed by atoms with Crippen molar-refractivity contribution in [2.24, 2.45) is 5.92 Å². The predicted molar refractivity (Wildman–Crippen MR) is 327 cm³/mol. The van der Waals surface area contributed by atoms with Crippen LogP contribution in [0.3, 0.4) is 0 Å². The molecule has 3 saturated carbocycles. The molecule has 7 atom stereocenters. The van der Waals surface area contributed by atoms with Gasteiger partial charge in [-0.3, -0.25) is 0 Å². The Balaban J connectivity index is 0.884. The van der Waals surface area contributed by atoms with Crippen molar-refractivity contribution in [3.63, 3.8) is 0 Å². The summed E-state index contributed by atoms with van der Waals surface area (Å²) >= 11 is 0. The molecule has 7 unspecified atom stereocenters. The Kier molecular flexibility index (Phi) is 8.77. The fraction of sp³-hybridized carbons (Fsp3) is 0.231. The lowest BCUT2D eigenvalue weighted by molar-refractivity contribution is -0.0602. The van der Waals surface area contributed by atoms with Gasteiger partial charge in [0.25, 0.3) is 0 Å². The van der Waals surface area contributed by atoms with Gasteiger partial charge in [-0.05, 0) is 205 Å². The van der Waals surface area contributed by atoms with E-state index in [4.69, 9.17) is 0 Å². The Morgan fingerprint density at radius 1 is 0.354 bits per heavy atom. The molecule has 3 fully saturated rings. The fourth-order valence-corrected chi connectivity index (χ4v) is 20.1. The topological polar surface area (TPSA) is 4.93 Å². The monoisotopic (exact) mass is 1010 g/mol. The molecule has 3 spiro atoms. The van der Waals surface area contributed by atoms with Crippen molar-refractivity contribution in [2.75, 3.05) is 0 Å². The molecule has 18 rings (SSSR count). The summed E-state index contributed by atoms with van der Waals surface area (Å²) in [5.41, 5.74) is 29.7. The van der Waals surface area contributed by atoms with E-state index in [2.05, 4.69) is 250 Å². The molecule has 1 heterocycles. The lowest BCUT2D eigenvalue weighted by atomic mass is 9.34. The molecule has 1 aromatic heterocycles. The van der Waals surface area contributed by atoms with E-state index >= 15 is 0 Å². The van der Waals surface area contributed by atoms with Crippen LogP contribution in [0.25, 0.3) is 83.1 Å². The summed E-state index contributed by atoms with van der Waals surface area (Å²) < 4.78 is 2.53. The molecule has 11 aromatic rings. The van der Waals surface area contributed by atoms with Crippen LogP contribution in [0.4, 0.5) is 0 Å². The van der Waals surface area contributed by atoms with Gasteiger partial charge in [-0.15, -0.1) is 0 Å². The first-order chi connectivity index (χ1) is 38.7. The molecular weight excluding hydrogens is 951 g/mol. The van der Waals surface area contributed by atoms with Crippen molar-refractivity contribution in [3.05, 3.63) is 269 Å². The van der Waals surface area contributed by atoms with Crippen LogP contribution in [-0.2, 0) is 27.1 Å². The Hall–Kier alpha value is -8.00. The van der Waals surface area contributed by atoms with Crippen LogP contribution in [0.2, 0.25) is 0 Å². The summed E-state index contributed by atoms with van der Waals surface area (Å²) in [4.78, 5) is 0. The number of hydrogen-bond acceptors (Lipinski definition) is 0. The Bertz CT molecular complexity index is 4450. The molecule has 0 N–H and O–H groups in total. The van der Waals surface area contributed by atoms with E-state index in [-0.39, 0.29) is 27.1 Å². The van der Waals surface area contributed by atoms with Crippen LogP contribution in [0.5, 0.6) is 0 Å². The number of nitrogens with zero attached hydrogens (tertiary/aromatic N) is 1. The van der Waals surface area contributed by atoms with Crippen LogP contribution in [-0.4, -0.2) is 4.57 Å². The fourth-order valence-electron chi connectivity index (χ4n) is 20.1. The van der Waals surface area contributed by atoms with E-state index in [1.54, 1.807) is 33.4 Å². The molecule has 7 aliphatic rings. The molecule has 0 amide bonds. The van der Waals surface area contributed by atoms with E-state index in [1.807, 2.05) is 0 Å². The normalized spacial score (nSPS) is 26.5. The maximum absolute atomic E-state index is 2.76. The van der Waals surface area contributed by atoms with Crippen LogP contribution in [0.15, 0.2) is 224 Å². The molecular formula is C78H63N. The van der Waals surface area contributed by atoms with E-state index < -0.39 is 0 Å². The van der Waals surface area contributed by atoms with Crippen LogP contribution in [0.1, 0.15) is 122 Å². The molecule has 7 aliphatic carbocycles. The summed E-state index contributed by atoms with van der Waals surface area (Å²) in [6.45, 7) is 7.52. The van der Waals surface area contributed by atoms with Crippen molar-refractivity contribution >= 4 is 21.8 Å². The van der Waals surface area contributed by atoms with Gasteiger partial charge in [0, 0.05) is 38.1 Å². The molecule has 1 nitrogen and oxygen atoms in total. The summed E-state index contributed by atoms with van der Waals surface area (Å²) in [6, 6.07) is 89.3. The van der Waals surface area contributed by atoms with Gasteiger partial charge in [0.2, 0.25) is 0 Å². The Morgan fingerprint density at radius 2 is 0.873 bits per heavy atom. The second-order valence-corrected chi connectivity index (χ2v) is 26.4. The standard InChI is InChI=1S/C78H63N/c1-74(2)65-27-13-8-25-60(65)63-41-64-62-26-12-17-31-71(62)79(72(64)42-69(63)74)52-35-32-48(33-36-52)49-34-37-61-56-21-7-5-19-54(56)51-44-77-43-50(53-18-4-6-20-55(53)57-22-10-16-30-68(57)77)38-39-76-46-75(3,47-78(45-51,73(76)77)70(61)40-49)66-28-14-9-23-58(66)59-24-11-15-29-67(59)76/h4-37,40-42,50-51,73H,38-39,43-47H2,1-3H3. The molecule has 380 valence electrons. The second kappa shape index (κ2) is 15.4. The third kappa shape index (κ3) is 5.67. The number of benzene rings is 10. The molecule has 79 heavy (non-hydrogen) atoms. The van der Waals surface area contributed by atoms with E-state index in [0.717, 1.165) is 12.8 Å². The third-order valence-electron chi connectivity index (χ3n) is 22.4. The van der Waals surface area contributed by atoms with Crippen molar-refractivity contribution in [1.82, 2.24) is 4.57 Å². The minimum atomic E-state index is -0.167. The van der Waals surface area contributed by atoms with Crippen molar-refractivity contribution < 1.29 is 0 Å². The van der Waals surface area contributed by atoms with E-state index in [9.17, 15) is 0 Å². The van der Waals surface area contributed by atoms with Crippen LogP contribution in [0, 0.1) is 5.92 Å². The number of hydrogen-bond donors (Lipinski definition) is 0. The van der Waals surface area contributed by atoms with Gasteiger partial charge in [0.05, 0.1) is 11.0 Å². The highest BCUT2D eigenvalue weighted by molar-refractivity contribution is 6.11. The molecule has 0 radical (unpaired) electrons. The predicted octanol–water partition coefficient (Wildman–Crippen LogP) is 19.7. The second-order valence-electron chi connectivity index (χ2n) is 26.4. The first kappa shape index (κ1) is 44.9. The van der Waals surface area contributed by atoms with Crippen LogP contribution >= 0.6 is 0 Å².